The van der Waals surface area contributed by atoms with Crippen molar-refractivity contribution in [1.82, 2.24) is 10.6 Å². The van der Waals surface area contributed by atoms with Gasteiger partial charge >= 0.3 is 0 Å². The summed E-state index contributed by atoms with van der Waals surface area (Å²) in [7, 11) is 4.25. The van der Waals surface area contributed by atoms with E-state index >= 15 is 0 Å². The molecule has 0 heterocycles. The molecule has 0 aliphatic heterocycles. The first-order chi connectivity index (χ1) is 9.13. The van der Waals surface area contributed by atoms with Gasteiger partial charge in [-0.25, -0.2) is 0 Å². The Labute approximate surface area is 120 Å². The van der Waals surface area contributed by atoms with Crippen LogP contribution in [0.3, 0.4) is 0 Å². The third kappa shape index (κ3) is 3.95. The summed E-state index contributed by atoms with van der Waals surface area (Å²) >= 11 is 0. The van der Waals surface area contributed by atoms with Crippen LogP contribution < -0.4 is 10.6 Å². The van der Waals surface area contributed by atoms with Gasteiger partial charge in [-0.05, 0) is 82.7 Å². The third-order valence-electron chi connectivity index (χ3n) is 5.96. The molecule has 2 aliphatic carbocycles. The molecule has 0 radical (unpaired) electrons. The number of nitrogens with one attached hydrogen (secondary N) is 2. The van der Waals surface area contributed by atoms with E-state index in [0.29, 0.717) is 0 Å². The summed E-state index contributed by atoms with van der Waals surface area (Å²) in [5.74, 6) is 3.75. The van der Waals surface area contributed by atoms with Crippen LogP contribution in [0, 0.1) is 23.7 Å². The lowest BCUT2D eigenvalue weighted by atomic mass is 9.70. The fourth-order valence-corrected chi connectivity index (χ4v) is 4.77. The molecule has 0 bridgehead atoms. The van der Waals surface area contributed by atoms with Crippen LogP contribution in [0.5, 0.6) is 0 Å². The minimum absolute atomic E-state index is 0.773. The highest BCUT2D eigenvalue weighted by Crippen LogP contribution is 2.38. The van der Waals surface area contributed by atoms with Crippen LogP contribution in [0.2, 0.25) is 0 Å². The Morgan fingerprint density at radius 2 is 1.16 bits per heavy atom. The molecule has 6 unspecified atom stereocenters. The van der Waals surface area contributed by atoms with Crippen LogP contribution in [0.25, 0.3) is 0 Å². The molecule has 0 saturated heterocycles. The summed E-state index contributed by atoms with van der Waals surface area (Å²) in [5, 5.41) is 6.98. The lowest BCUT2D eigenvalue weighted by Crippen LogP contribution is -2.39. The molecule has 2 fully saturated rings. The molecule has 2 nitrogen and oxygen atoms in total. The van der Waals surface area contributed by atoms with E-state index in [1.54, 1.807) is 0 Å². The number of hydrogen-bond donors (Lipinski definition) is 2. The van der Waals surface area contributed by atoms with E-state index < -0.39 is 0 Å². The fraction of sp³-hybridized carbons (Fsp3) is 1.00. The molecule has 2 aliphatic rings. The second-order valence-corrected chi connectivity index (χ2v) is 7.34. The molecular formula is C17H34N2. The Morgan fingerprint density at radius 1 is 0.737 bits per heavy atom. The minimum Gasteiger partial charge on any atom is -0.317 e. The van der Waals surface area contributed by atoms with Crippen molar-refractivity contribution in [2.75, 3.05) is 14.1 Å². The average Bonchev–Trinajstić information content (AvgIpc) is 2.39. The molecule has 0 amide bonds. The normalized spacial score (nSPS) is 44.2. The molecule has 112 valence electrons. The lowest BCUT2D eigenvalue weighted by molar-refractivity contribution is 0.154. The molecule has 2 N–H and O–H groups in total. The molecule has 0 aromatic rings. The smallest absolute Gasteiger partial charge is 0.00898 e. The Balaban J connectivity index is 1.76. The highest BCUT2D eigenvalue weighted by molar-refractivity contribution is 4.86. The van der Waals surface area contributed by atoms with Crippen molar-refractivity contribution in [3.05, 3.63) is 0 Å². The zero-order valence-corrected chi connectivity index (χ0v) is 13.4. The fourth-order valence-electron chi connectivity index (χ4n) is 4.77. The Morgan fingerprint density at radius 3 is 1.47 bits per heavy atom. The zero-order chi connectivity index (χ0) is 13.8. The van der Waals surface area contributed by atoms with Gasteiger partial charge in [0.15, 0.2) is 0 Å². The van der Waals surface area contributed by atoms with Gasteiger partial charge in [-0.1, -0.05) is 13.8 Å². The van der Waals surface area contributed by atoms with Gasteiger partial charge in [0.05, 0.1) is 0 Å². The summed E-state index contributed by atoms with van der Waals surface area (Å²) < 4.78 is 0. The maximum Gasteiger partial charge on any atom is 0.00898 e. The molecule has 2 heteroatoms. The molecular weight excluding hydrogens is 232 g/mol. The summed E-state index contributed by atoms with van der Waals surface area (Å²) in [6.07, 6.45) is 10.1. The van der Waals surface area contributed by atoms with Crippen molar-refractivity contribution in [3.63, 3.8) is 0 Å². The largest absolute Gasteiger partial charge is 0.317 e. The van der Waals surface area contributed by atoms with Gasteiger partial charge in [0.1, 0.15) is 0 Å². The Hall–Kier alpha value is -0.0800. The molecule has 6 atom stereocenters. The van der Waals surface area contributed by atoms with E-state index in [-0.39, 0.29) is 0 Å². The summed E-state index contributed by atoms with van der Waals surface area (Å²) in [6, 6.07) is 1.55. The summed E-state index contributed by atoms with van der Waals surface area (Å²) in [5.41, 5.74) is 0. The van der Waals surface area contributed by atoms with Crippen LogP contribution in [0.4, 0.5) is 0 Å². The van der Waals surface area contributed by atoms with Crippen molar-refractivity contribution < 1.29 is 0 Å². The van der Waals surface area contributed by atoms with Crippen molar-refractivity contribution in [3.8, 4) is 0 Å². The van der Waals surface area contributed by atoms with Gasteiger partial charge in [-0.15, -0.1) is 0 Å². The van der Waals surface area contributed by atoms with E-state index in [0.717, 1.165) is 35.8 Å². The van der Waals surface area contributed by atoms with E-state index in [9.17, 15) is 0 Å². The SMILES string of the molecule is CNC1CCC(CC2CCC(NC)C(C)C2)CC1C. The topological polar surface area (TPSA) is 24.1 Å². The molecule has 0 aromatic heterocycles. The Bertz CT molecular complexity index is 240. The molecule has 2 rings (SSSR count). The van der Waals surface area contributed by atoms with Crippen LogP contribution in [-0.2, 0) is 0 Å². The lowest BCUT2D eigenvalue weighted by Gasteiger charge is -2.39. The molecule has 19 heavy (non-hydrogen) atoms. The van der Waals surface area contributed by atoms with Crippen molar-refractivity contribution >= 4 is 0 Å². The maximum atomic E-state index is 3.49. The van der Waals surface area contributed by atoms with Gasteiger partial charge in [0.25, 0.3) is 0 Å². The van der Waals surface area contributed by atoms with Gasteiger partial charge in [-0.3, -0.25) is 0 Å². The first-order valence-corrected chi connectivity index (χ1v) is 8.48. The van der Waals surface area contributed by atoms with Crippen molar-refractivity contribution in [1.29, 1.82) is 0 Å². The third-order valence-corrected chi connectivity index (χ3v) is 5.96. The van der Waals surface area contributed by atoms with Crippen LogP contribution in [-0.4, -0.2) is 26.2 Å². The number of hydrogen-bond acceptors (Lipinski definition) is 2. The van der Waals surface area contributed by atoms with Gasteiger partial charge < -0.3 is 10.6 Å². The van der Waals surface area contributed by atoms with E-state index in [2.05, 4.69) is 38.6 Å². The van der Waals surface area contributed by atoms with Crippen LogP contribution >= 0.6 is 0 Å². The zero-order valence-electron chi connectivity index (χ0n) is 13.4. The quantitative estimate of drug-likeness (QED) is 0.814. The second-order valence-electron chi connectivity index (χ2n) is 7.34. The molecule has 0 aromatic carbocycles. The first-order valence-electron chi connectivity index (χ1n) is 8.48. The average molecular weight is 266 g/mol. The van der Waals surface area contributed by atoms with Gasteiger partial charge in [0.2, 0.25) is 0 Å². The predicted molar refractivity (Wildman–Crippen MR) is 83.3 cm³/mol. The molecule has 2 saturated carbocycles. The van der Waals surface area contributed by atoms with Gasteiger partial charge in [-0.2, -0.15) is 0 Å². The summed E-state index contributed by atoms with van der Waals surface area (Å²) in [6.45, 7) is 4.88. The standard InChI is InChI=1S/C17H34N2/c1-12-9-14(5-7-16(12)18-3)11-15-6-8-17(19-4)13(2)10-15/h12-19H,5-11H2,1-4H3. The highest BCUT2D eigenvalue weighted by Gasteiger charge is 2.31. The monoisotopic (exact) mass is 266 g/mol. The first kappa shape index (κ1) is 15.3. The van der Waals surface area contributed by atoms with E-state index in [4.69, 9.17) is 0 Å². The van der Waals surface area contributed by atoms with Crippen LogP contribution in [0.15, 0.2) is 0 Å². The van der Waals surface area contributed by atoms with E-state index in [1.165, 1.54) is 44.9 Å². The van der Waals surface area contributed by atoms with E-state index in [1.807, 2.05) is 0 Å². The number of rotatable bonds is 4. The Kier molecular flexibility index (Phi) is 5.70. The summed E-state index contributed by atoms with van der Waals surface area (Å²) in [4.78, 5) is 0. The van der Waals surface area contributed by atoms with Crippen LogP contribution in [0.1, 0.15) is 58.8 Å². The second kappa shape index (κ2) is 7.08. The minimum atomic E-state index is 0.773. The molecule has 0 spiro atoms. The van der Waals surface area contributed by atoms with Gasteiger partial charge in [0, 0.05) is 12.1 Å². The van der Waals surface area contributed by atoms with Crippen molar-refractivity contribution in [2.24, 2.45) is 23.7 Å². The highest BCUT2D eigenvalue weighted by atomic mass is 14.9. The van der Waals surface area contributed by atoms with Crippen molar-refractivity contribution in [2.45, 2.75) is 70.9 Å². The maximum absolute atomic E-state index is 3.49. The predicted octanol–water partition coefficient (Wildman–Crippen LogP) is 3.42.